The molecule has 0 heterocycles. The van der Waals surface area contributed by atoms with Gasteiger partial charge >= 0.3 is 5.97 Å². The molecule has 122 valence electrons. The predicted octanol–water partition coefficient (Wildman–Crippen LogP) is -1.66. The minimum absolute atomic E-state index is 0.0865. The van der Waals surface area contributed by atoms with Crippen LogP contribution in [0.15, 0.2) is 0 Å². The number of nitrogens with two attached hydrogens (primary N) is 1. The summed E-state index contributed by atoms with van der Waals surface area (Å²) >= 11 is 3.80. The lowest BCUT2D eigenvalue weighted by Crippen LogP contribution is -2.57. The van der Waals surface area contributed by atoms with Crippen LogP contribution < -0.4 is 16.4 Å². The van der Waals surface area contributed by atoms with Crippen molar-refractivity contribution in [3.05, 3.63) is 0 Å². The highest BCUT2D eigenvalue weighted by Gasteiger charge is 2.28. The molecule has 0 aromatic heterocycles. The molecule has 0 spiro atoms. The molecule has 0 fully saturated rings. The van der Waals surface area contributed by atoms with Gasteiger partial charge in [-0.3, -0.25) is 9.59 Å². The van der Waals surface area contributed by atoms with Gasteiger partial charge in [-0.1, -0.05) is 20.3 Å². The highest BCUT2D eigenvalue weighted by atomic mass is 32.1. The standard InChI is InChI=1S/C12H23N3O5S/c1-3-6(2)9(13)11(18)14-7(4-16)10(17)15-8(5-21)12(19)20/h6-9,16,21H,3-5,13H2,1-2H3,(H,14,18)(H,15,17)(H,19,20)/t6-,7-,8-,9-/m0/s1. The van der Waals surface area contributed by atoms with Crippen LogP contribution in [0.4, 0.5) is 0 Å². The maximum atomic E-state index is 11.8. The number of amides is 2. The number of aliphatic carboxylic acids is 1. The number of rotatable bonds is 9. The molecule has 0 aliphatic rings. The second-order valence-electron chi connectivity index (χ2n) is 4.74. The average Bonchev–Trinajstić information content (AvgIpc) is 2.47. The largest absolute Gasteiger partial charge is 0.480 e. The van der Waals surface area contributed by atoms with Gasteiger partial charge in [-0.15, -0.1) is 0 Å². The third-order valence-corrected chi connectivity index (χ3v) is 3.54. The van der Waals surface area contributed by atoms with Gasteiger partial charge in [0.25, 0.3) is 0 Å². The third-order valence-electron chi connectivity index (χ3n) is 3.17. The molecule has 0 aliphatic heterocycles. The van der Waals surface area contributed by atoms with Crippen LogP contribution in [0.1, 0.15) is 20.3 Å². The lowest BCUT2D eigenvalue weighted by molar-refractivity contribution is -0.141. The van der Waals surface area contributed by atoms with Crippen LogP contribution in [0.3, 0.4) is 0 Å². The summed E-state index contributed by atoms with van der Waals surface area (Å²) < 4.78 is 0. The van der Waals surface area contributed by atoms with E-state index in [9.17, 15) is 14.4 Å². The average molecular weight is 321 g/mol. The Balaban J connectivity index is 4.67. The Kier molecular flexibility index (Phi) is 8.98. The van der Waals surface area contributed by atoms with E-state index in [2.05, 4.69) is 23.3 Å². The topological polar surface area (TPSA) is 142 Å². The Morgan fingerprint density at radius 2 is 1.71 bits per heavy atom. The van der Waals surface area contributed by atoms with Crippen LogP contribution in [-0.2, 0) is 14.4 Å². The number of carboxylic acid groups (broad SMARTS) is 1. The quantitative estimate of drug-likeness (QED) is 0.281. The van der Waals surface area contributed by atoms with Gasteiger partial charge in [0.05, 0.1) is 12.6 Å². The van der Waals surface area contributed by atoms with E-state index < -0.39 is 42.5 Å². The zero-order chi connectivity index (χ0) is 16.6. The fourth-order valence-electron chi connectivity index (χ4n) is 1.43. The highest BCUT2D eigenvalue weighted by Crippen LogP contribution is 2.05. The van der Waals surface area contributed by atoms with Crippen molar-refractivity contribution in [1.29, 1.82) is 0 Å². The van der Waals surface area contributed by atoms with E-state index in [1.807, 2.05) is 6.92 Å². The van der Waals surface area contributed by atoms with Gasteiger partial charge in [-0.05, 0) is 5.92 Å². The first-order valence-corrected chi connectivity index (χ1v) is 7.22. The second-order valence-corrected chi connectivity index (χ2v) is 5.10. The van der Waals surface area contributed by atoms with Crippen molar-refractivity contribution >= 4 is 30.4 Å². The van der Waals surface area contributed by atoms with Crippen molar-refractivity contribution < 1.29 is 24.6 Å². The van der Waals surface area contributed by atoms with Crippen molar-refractivity contribution in [1.82, 2.24) is 10.6 Å². The number of carbonyl (C=O) groups excluding carboxylic acids is 2. The summed E-state index contributed by atoms with van der Waals surface area (Å²) in [6, 6.07) is -3.26. The minimum atomic E-state index is -1.26. The lowest BCUT2D eigenvalue weighted by Gasteiger charge is -2.22. The fraction of sp³-hybridized carbons (Fsp3) is 0.750. The van der Waals surface area contributed by atoms with E-state index in [0.717, 1.165) is 0 Å². The first kappa shape index (κ1) is 19.7. The van der Waals surface area contributed by atoms with Crippen molar-refractivity contribution in [3.8, 4) is 0 Å². The molecular weight excluding hydrogens is 298 g/mol. The lowest BCUT2D eigenvalue weighted by atomic mass is 9.99. The van der Waals surface area contributed by atoms with Crippen LogP contribution in [0.5, 0.6) is 0 Å². The van der Waals surface area contributed by atoms with Crippen LogP contribution in [0, 0.1) is 5.92 Å². The fourth-order valence-corrected chi connectivity index (χ4v) is 1.68. The smallest absolute Gasteiger partial charge is 0.327 e. The molecule has 4 atom stereocenters. The predicted molar refractivity (Wildman–Crippen MR) is 79.9 cm³/mol. The Hall–Kier alpha value is -1.32. The zero-order valence-electron chi connectivity index (χ0n) is 12.1. The molecular formula is C12H23N3O5S. The Labute approximate surface area is 128 Å². The number of hydrogen-bond acceptors (Lipinski definition) is 6. The van der Waals surface area contributed by atoms with Crippen LogP contribution in [0.25, 0.3) is 0 Å². The molecule has 0 saturated heterocycles. The molecule has 0 aromatic rings. The van der Waals surface area contributed by atoms with Crippen LogP contribution in [0.2, 0.25) is 0 Å². The van der Waals surface area contributed by atoms with Crippen LogP contribution >= 0.6 is 12.6 Å². The van der Waals surface area contributed by atoms with Gasteiger partial charge in [0.15, 0.2) is 0 Å². The third kappa shape index (κ3) is 6.32. The number of hydrogen-bond donors (Lipinski definition) is 6. The molecule has 9 heteroatoms. The van der Waals surface area contributed by atoms with Crippen LogP contribution in [-0.4, -0.2) is 58.5 Å². The molecule has 0 saturated carbocycles. The summed E-state index contributed by atoms with van der Waals surface area (Å²) in [6.45, 7) is 3.00. The molecule has 0 rings (SSSR count). The molecule has 21 heavy (non-hydrogen) atoms. The highest BCUT2D eigenvalue weighted by molar-refractivity contribution is 7.80. The molecule has 0 radical (unpaired) electrons. The van der Waals surface area contributed by atoms with Gasteiger partial charge in [0, 0.05) is 5.75 Å². The van der Waals surface area contributed by atoms with Gasteiger partial charge in [-0.25, -0.2) is 4.79 Å². The molecule has 6 N–H and O–H groups in total. The zero-order valence-corrected chi connectivity index (χ0v) is 13.0. The number of aliphatic hydroxyl groups excluding tert-OH is 1. The van der Waals surface area contributed by atoms with Gasteiger partial charge < -0.3 is 26.6 Å². The number of aliphatic hydroxyl groups is 1. The maximum Gasteiger partial charge on any atom is 0.327 e. The van der Waals surface area contributed by atoms with E-state index in [1.165, 1.54) is 0 Å². The van der Waals surface area contributed by atoms with Crippen molar-refractivity contribution in [3.63, 3.8) is 0 Å². The molecule has 0 aromatic carbocycles. The van der Waals surface area contributed by atoms with Crippen molar-refractivity contribution in [2.75, 3.05) is 12.4 Å². The molecule has 8 nitrogen and oxygen atoms in total. The number of thiol groups is 1. The monoisotopic (exact) mass is 321 g/mol. The van der Waals surface area contributed by atoms with Crippen molar-refractivity contribution in [2.24, 2.45) is 11.7 Å². The van der Waals surface area contributed by atoms with Gasteiger partial charge in [0.2, 0.25) is 11.8 Å². The van der Waals surface area contributed by atoms with E-state index in [0.29, 0.717) is 6.42 Å². The summed E-state index contributed by atoms with van der Waals surface area (Å²) in [6.07, 6.45) is 0.686. The first-order chi connectivity index (χ1) is 9.78. The van der Waals surface area contributed by atoms with E-state index >= 15 is 0 Å². The Bertz CT molecular complexity index is 380. The van der Waals surface area contributed by atoms with Gasteiger partial charge in [0.1, 0.15) is 12.1 Å². The first-order valence-electron chi connectivity index (χ1n) is 6.59. The minimum Gasteiger partial charge on any atom is -0.480 e. The Morgan fingerprint density at radius 1 is 1.19 bits per heavy atom. The Morgan fingerprint density at radius 3 is 2.10 bits per heavy atom. The van der Waals surface area contributed by atoms with E-state index in [1.54, 1.807) is 6.92 Å². The molecule has 2 amide bonds. The summed E-state index contributed by atoms with van der Waals surface area (Å²) in [5, 5.41) is 22.5. The second kappa shape index (κ2) is 9.59. The number of carboxylic acids is 1. The number of nitrogens with one attached hydrogen (secondary N) is 2. The van der Waals surface area contributed by atoms with E-state index in [-0.39, 0.29) is 11.7 Å². The molecule has 0 bridgehead atoms. The van der Waals surface area contributed by atoms with Gasteiger partial charge in [-0.2, -0.15) is 12.6 Å². The summed E-state index contributed by atoms with van der Waals surface area (Å²) in [4.78, 5) is 34.5. The molecule has 0 aliphatic carbocycles. The van der Waals surface area contributed by atoms with Crippen molar-refractivity contribution in [2.45, 2.75) is 38.4 Å². The molecule has 0 unspecified atom stereocenters. The normalized spacial score (nSPS) is 16.4. The SMILES string of the molecule is CC[C@H](C)[C@H](N)C(=O)N[C@@H](CO)C(=O)N[C@@H](CS)C(=O)O. The number of carbonyl (C=O) groups is 3. The maximum absolute atomic E-state index is 11.8. The summed E-state index contributed by atoms with van der Waals surface area (Å²) in [5.74, 6) is -2.83. The summed E-state index contributed by atoms with van der Waals surface area (Å²) in [5.41, 5.74) is 5.72. The van der Waals surface area contributed by atoms with E-state index in [4.69, 9.17) is 15.9 Å². The summed E-state index contributed by atoms with van der Waals surface area (Å²) in [7, 11) is 0.